The first kappa shape index (κ1) is 19.8. The summed E-state index contributed by atoms with van der Waals surface area (Å²) in [4.78, 5) is 14.5. The van der Waals surface area contributed by atoms with Crippen LogP contribution in [0.1, 0.15) is 41.7 Å². The second kappa shape index (κ2) is 8.79. The van der Waals surface area contributed by atoms with Crippen LogP contribution in [0.2, 0.25) is 0 Å². The second-order valence-corrected chi connectivity index (χ2v) is 7.50. The maximum atomic E-state index is 12.7. The van der Waals surface area contributed by atoms with E-state index >= 15 is 0 Å². The minimum atomic E-state index is -0.0765. The molecule has 1 aliphatic rings. The molecule has 5 heteroatoms. The van der Waals surface area contributed by atoms with Gasteiger partial charge in [-0.05, 0) is 55.5 Å². The van der Waals surface area contributed by atoms with Gasteiger partial charge in [0.05, 0.1) is 18.6 Å². The average molecular weight is 377 g/mol. The minimum absolute atomic E-state index is 0.0765. The van der Waals surface area contributed by atoms with Gasteiger partial charge in [0.2, 0.25) is 0 Å². The third-order valence-corrected chi connectivity index (χ3v) is 4.94. The van der Waals surface area contributed by atoms with Gasteiger partial charge in [-0.1, -0.05) is 30.3 Å². The summed E-state index contributed by atoms with van der Waals surface area (Å²) in [6.07, 6.45) is 1.28. The van der Waals surface area contributed by atoms with E-state index in [0.29, 0.717) is 26.1 Å². The van der Waals surface area contributed by atoms with Gasteiger partial charge in [-0.2, -0.15) is 5.26 Å². The quantitative estimate of drug-likeness (QED) is 0.852. The number of amides is 2. The highest BCUT2D eigenvalue weighted by molar-refractivity contribution is 5.74. The Kier molecular flexibility index (Phi) is 6.20. The van der Waals surface area contributed by atoms with Crippen LogP contribution in [0.5, 0.6) is 5.75 Å². The molecule has 28 heavy (non-hydrogen) atoms. The van der Waals surface area contributed by atoms with Crippen LogP contribution in [-0.2, 0) is 25.9 Å². The Morgan fingerprint density at radius 1 is 1.29 bits per heavy atom. The predicted octanol–water partition coefficient (Wildman–Crippen LogP) is 4.12. The summed E-state index contributed by atoms with van der Waals surface area (Å²) in [6, 6.07) is 14.2. The van der Waals surface area contributed by atoms with E-state index in [1.165, 1.54) is 5.56 Å². The van der Waals surface area contributed by atoms with Crippen LogP contribution >= 0.6 is 0 Å². The number of hydrogen-bond donors (Lipinski definition) is 1. The molecule has 0 saturated heterocycles. The first-order chi connectivity index (χ1) is 13.5. The van der Waals surface area contributed by atoms with E-state index in [0.717, 1.165) is 34.4 Å². The molecule has 3 rings (SSSR count). The summed E-state index contributed by atoms with van der Waals surface area (Å²) < 4.78 is 5.90. The number of nitrogens with one attached hydrogen (secondary N) is 1. The fraction of sp³-hybridized carbons (Fsp3) is 0.391. The zero-order chi connectivity index (χ0) is 20.1. The van der Waals surface area contributed by atoms with E-state index in [4.69, 9.17) is 10.00 Å². The number of fused-ring (bicyclic) bond motifs is 1. The molecule has 0 radical (unpaired) electrons. The normalized spacial score (nSPS) is 13.0. The van der Waals surface area contributed by atoms with Crippen molar-refractivity contribution in [1.82, 2.24) is 10.2 Å². The van der Waals surface area contributed by atoms with Crippen molar-refractivity contribution in [2.45, 2.75) is 52.8 Å². The van der Waals surface area contributed by atoms with E-state index in [2.05, 4.69) is 11.4 Å². The minimum Gasteiger partial charge on any atom is -0.491 e. The number of urea groups is 1. The first-order valence-electron chi connectivity index (χ1n) is 9.73. The summed E-state index contributed by atoms with van der Waals surface area (Å²) in [5, 5.41) is 12.0. The smallest absolute Gasteiger partial charge is 0.317 e. The molecule has 0 spiro atoms. The number of ether oxygens (including phenoxy) is 1. The Morgan fingerprint density at radius 3 is 2.86 bits per heavy atom. The molecule has 0 saturated carbocycles. The van der Waals surface area contributed by atoms with Crippen molar-refractivity contribution in [2.75, 3.05) is 6.54 Å². The highest BCUT2D eigenvalue weighted by atomic mass is 16.5. The van der Waals surface area contributed by atoms with Crippen molar-refractivity contribution in [3.8, 4) is 11.8 Å². The lowest BCUT2D eigenvalue weighted by Gasteiger charge is -2.30. The highest BCUT2D eigenvalue weighted by Crippen LogP contribution is 2.24. The molecule has 0 fully saturated rings. The summed E-state index contributed by atoms with van der Waals surface area (Å²) in [5.74, 6) is 0.820. The zero-order valence-electron chi connectivity index (χ0n) is 16.8. The molecule has 0 unspecified atom stereocenters. The maximum Gasteiger partial charge on any atom is 0.317 e. The van der Waals surface area contributed by atoms with Gasteiger partial charge >= 0.3 is 6.03 Å². The largest absolute Gasteiger partial charge is 0.491 e. The molecule has 2 aromatic rings. The Bertz CT molecular complexity index is 899. The number of nitrogens with zero attached hydrogens (tertiary/aromatic N) is 2. The number of hydrogen-bond acceptors (Lipinski definition) is 3. The molecule has 1 N–H and O–H groups in total. The molecule has 146 valence electrons. The highest BCUT2D eigenvalue weighted by Gasteiger charge is 2.22. The number of nitriles is 1. The monoisotopic (exact) mass is 377 g/mol. The van der Waals surface area contributed by atoms with Crippen molar-refractivity contribution < 1.29 is 9.53 Å². The van der Waals surface area contributed by atoms with E-state index < -0.39 is 0 Å². The van der Waals surface area contributed by atoms with Crippen LogP contribution in [0.15, 0.2) is 36.4 Å². The van der Waals surface area contributed by atoms with Crippen LogP contribution in [-0.4, -0.2) is 23.6 Å². The van der Waals surface area contributed by atoms with Crippen molar-refractivity contribution in [3.63, 3.8) is 0 Å². The zero-order valence-corrected chi connectivity index (χ0v) is 16.8. The third kappa shape index (κ3) is 4.64. The summed E-state index contributed by atoms with van der Waals surface area (Å²) in [5.41, 5.74) is 5.54. The van der Waals surface area contributed by atoms with Gasteiger partial charge in [0, 0.05) is 25.2 Å². The van der Waals surface area contributed by atoms with E-state index in [-0.39, 0.29) is 12.1 Å². The molecule has 0 aromatic heterocycles. The van der Waals surface area contributed by atoms with Crippen molar-refractivity contribution >= 4 is 6.03 Å². The fourth-order valence-electron chi connectivity index (χ4n) is 3.57. The number of benzene rings is 2. The summed E-state index contributed by atoms with van der Waals surface area (Å²) in [7, 11) is 0. The van der Waals surface area contributed by atoms with Gasteiger partial charge in [0.1, 0.15) is 5.75 Å². The maximum absolute atomic E-state index is 12.7. The Labute approximate surface area is 166 Å². The van der Waals surface area contributed by atoms with Crippen molar-refractivity contribution in [3.05, 3.63) is 64.2 Å². The molecule has 5 nitrogen and oxygen atoms in total. The molecular formula is C23H27N3O2. The molecular weight excluding hydrogens is 350 g/mol. The molecule has 2 amide bonds. The van der Waals surface area contributed by atoms with Crippen LogP contribution in [0.25, 0.3) is 0 Å². The molecule has 2 aromatic carbocycles. The van der Waals surface area contributed by atoms with Gasteiger partial charge in [0.25, 0.3) is 0 Å². The SMILES string of the molecule is Cc1ccc(CNC(=O)N2CCc3c(CC#N)cccc3C2)c(OC(C)C)c1. The average Bonchev–Trinajstić information content (AvgIpc) is 2.67. The van der Waals surface area contributed by atoms with Crippen LogP contribution in [0, 0.1) is 18.3 Å². The van der Waals surface area contributed by atoms with E-state index in [1.807, 2.05) is 62.1 Å². The molecule has 0 atom stereocenters. The first-order valence-corrected chi connectivity index (χ1v) is 9.73. The molecule has 1 aliphatic heterocycles. The number of carbonyl (C=O) groups excluding carboxylic acids is 1. The summed E-state index contributed by atoms with van der Waals surface area (Å²) >= 11 is 0. The molecule has 0 bridgehead atoms. The van der Waals surface area contributed by atoms with Gasteiger partial charge in [0.15, 0.2) is 0 Å². The Morgan fingerprint density at radius 2 is 2.11 bits per heavy atom. The Balaban J connectivity index is 1.66. The number of carbonyl (C=O) groups is 1. The molecule has 0 aliphatic carbocycles. The Hall–Kier alpha value is -3.00. The second-order valence-electron chi connectivity index (χ2n) is 7.50. The van der Waals surface area contributed by atoms with Gasteiger partial charge in [-0.3, -0.25) is 0 Å². The predicted molar refractivity (Wildman–Crippen MR) is 109 cm³/mol. The van der Waals surface area contributed by atoms with Crippen molar-refractivity contribution in [1.29, 1.82) is 5.26 Å². The lowest BCUT2D eigenvalue weighted by atomic mass is 9.93. The standard InChI is InChI=1S/C23H27N3O2/c1-16(2)28-22-13-17(3)7-8-19(22)14-25-23(27)26-12-10-21-18(9-11-24)5-4-6-20(21)15-26/h4-8,13,16H,9-10,12,14-15H2,1-3H3,(H,25,27). The van der Waals surface area contributed by atoms with Gasteiger partial charge in [-0.15, -0.1) is 0 Å². The lowest BCUT2D eigenvalue weighted by Crippen LogP contribution is -2.42. The lowest BCUT2D eigenvalue weighted by molar-refractivity contribution is 0.191. The van der Waals surface area contributed by atoms with Gasteiger partial charge in [-0.25, -0.2) is 4.79 Å². The number of rotatable bonds is 5. The fourth-order valence-corrected chi connectivity index (χ4v) is 3.57. The van der Waals surface area contributed by atoms with Gasteiger partial charge < -0.3 is 15.0 Å². The van der Waals surface area contributed by atoms with E-state index in [1.54, 1.807) is 0 Å². The number of aryl methyl sites for hydroxylation is 1. The van der Waals surface area contributed by atoms with Crippen LogP contribution < -0.4 is 10.1 Å². The van der Waals surface area contributed by atoms with E-state index in [9.17, 15) is 4.79 Å². The van der Waals surface area contributed by atoms with Crippen LogP contribution in [0.4, 0.5) is 4.79 Å². The van der Waals surface area contributed by atoms with Crippen molar-refractivity contribution in [2.24, 2.45) is 0 Å². The topological polar surface area (TPSA) is 65.4 Å². The third-order valence-electron chi connectivity index (χ3n) is 4.94. The summed E-state index contributed by atoms with van der Waals surface area (Å²) in [6.45, 7) is 7.68. The van der Waals surface area contributed by atoms with Crippen LogP contribution in [0.3, 0.4) is 0 Å². The molecule has 1 heterocycles.